The molecule has 1 saturated heterocycles. The first kappa shape index (κ1) is 24.6. The molecular weight excluding hydrogens is 444 g/mol. The highest BCUT2D eigenvalue weighted by Crippen LogP contribution is 2.30. The van der Waals surface area contributed by atoms with Gasteiger partial charge in [0, 0.05) is 44.1 Å². The number of aryl methyl sites for hydroxylation is 1. The Bertz CT molecular complexity index is 1060. The normalized spacial score (nSPS) is 18.7. The van der Waals surface area contributed by atoms with Crippen LogP contribution < -0.4 is 20.3 Å². The first-order valence-corrected chi connectivity index (χ1v) is 12.2. The van der Waals surface area contributed by atoms with E-state index >= 15 is 0 Å². The highest BCUT2D eigenvalue weighted by Gasteiger charge is 2.34. The minimum Gasteiger partial charge on any atom is -0.494 e. The number of nitrogens with one attached hydrogen (secondary N) is 2. The number of ether oxygens (including phenoxy) is 2. The van der Waals surface area contributed by atoms with Gasteiger partial charge in [-0.1, -0.05) is 29.8 Å². The molecule has 0 bridgehead atoms. The van der Waals surface area contributed by atoms with Crippen LogP contribution in [0.25, 0.3) is 0 Å². The summed E-state index contributed by atoms with van der Waals surface area (Å²) in [5.41, 5.74) is 4.29. The van der Waals surface area contributed by atoms with Crippen molar-refractivity contribution in [2.75, 3.05) is 50.8 Å². The van der Waals surface area contributed by atoms with Crippen LogP contribution in [-0.4, -0.2) is 62.8 Å². The summed E-state index contributed by atoms with van der Waals surface area (Å²) < 4.78 is 10.9. The standard InChI is InChI=1S/C27H34N4O4/c1-4-34-22-12-8-20(9-13-22)25-24(26(32)35-5-2)23(28-27(33)29-25)18-30-14-16-31(17-15-30)21-10-6-19(3)7-11-21/h6-13,25H,4-5,14-18H2,1-3H3,(H2,28,29,33)/t25-/m0/s1. The Labute approximate surface area is 206 Å². The van der Waals surface area contributed by atoms with Gasteiger partial charge < -0.3 is 25.0 Å². The van der Waals surface area contributed by atoms with E-state index in [0.717, 1.165) is 37.5 Å². The van der Waals surface area contributed by atoms with E-state index in [1.54, 1.807) is 6.92 Å². The first-order chi connectivity index (χ1) is 17.0. The summed E-state index contributed by atoms with van der Waals surface area (Å²) in [4.78, 5) is 30.3. The highest BCUT2D eigenvalue weighted by atomic mass is 16.5. The summed E-state index contributed by atoms with van der Waals surface area (Å²) in [6.07, 6.45) is 0. The van der Waals surface area contributed by atoms with Crippen LogP contribution in [0.3, 0.4) is 0 Å². The van der Waals surface area contributed by atoms with Crippen molar-refractivity contribution in [3.8, 4) is 5.75 Å². The number of urea groups is 1. The third-order valence-electron chi connectivity index (χ3n) is 6.33. The number of anilines is 1. The third kappa shape index (κ3) is 5.95. The molecule has 2 aliphatic heterocycles. The Morgan fingerprint density at radius 3 is 2.29 bits per heavy atom. The van der Waals surface area contributed by atoms with Gasteiger partial charge in [0.2, 0.25) is 0 Å². The minimum atomic E-state index is -0.595. The predicted molar refractivity (Wildman–Crippen MR) is 136 cm³/mol. The Hall–Kier alpha value is -3.52. The number of amides is 2. The lowest BCUT2D eigenvalue weighted by Gasteiger charge is -2.38. The lowest BCUT2D eigenvalue weighted by molar-refractivity contribution is -0.139. The van der Waals surface area contributed by atoms with Gasteiger partial charge in [0.15, 0.2) is 0 Å². The van der Waals surface area contributed by atoms with E-state index < -0.39 is 12.0 Å². The number of piperazine rings is 1. The maximum Gasteiger partial charge on any atom is 0.338 e. The molecule has 0 aliphatic carbocycles. The van der Waals surface area contributed by atoms with Crippen molar-refractivity contribution in [1.29, 1.82) is 0 Å². The van der Waals surface area contributed by atoms with E-state index in [2.05, 4.69) is 51.6 Å². The van der Waals surface area contributed by atoms with E-state index in [9.17, 15) is 9.59 Å². The monoisotopic (exact) mass is 478 g/mol. The SMILES string of the molecule is CCOC(=O)C1=C(CN2CCN(c3ccc(C)cc3)CC2)NC(=O)N[C@H]1c1ccc(OCC)cc1. The van der Waals surface area contributed by atoms with Crippen molar-refractivity contribution in [3.63, 3.8) is 0 Å². The van der Waals surface area contributed by atoms with Crippen molar-refractivity contribution in [2.24, 2.45) is 0 Å². The minimum absolute atomic E-state index is 0.259. The van der Waals surface area contributed by atoms with Gasteiger partial charge in [0.05, 0.1) is 24.8 Å². The number of hydrogen-bond acceptors (Lipinski definition) is 6. The van der Waals surface area contributed by atoms with Crippen LogP contribution in [0.1, 0.15) is 31.0 Å². The summed E-state index contributed by atoms with van der Waals surface area (Å²) in [6, 6.07) is 15.1. The van der Waals surface area contributed by atoms with Crippen molar-refractivity contribution in [3.05, 3.63) is 70.9 Å². The molecule has 2 aromatic carbocycles. The average molecular weight is 479 g/mol. The number of carbonyl (C=O) groups excluding carboxylic acids is 2. The van der Waals surface area contributed by atoms with Gasteiger partial charge in [-0.25, -0.2) is 9.59 Å². The second-order valence-electron chi connectivity index (χ2n) is 8.74. The topological polar surface area (TPSA) is 83.1 Å². The van der Waals surface area contributed by atoms with Gasteiger partial charge >= 0.3 is 12.0 Å². The zero-order chi connectivity index (χ0) is 24.8. The lowest BCUT2D eigenvalue weighted by Crippen LogP contribution is -2.51. The zero-order valence-corrected chi connectivity index (χ0v) is 20.7. The number of carbonyl (C=O) groups is 2. The molecule has 0 saturated carbocycles. The summed E-state index contributed by atoms with van der Waals surface area (Å²) in [6.45, 7) is 10.5. The van der Waals surface area contributed by atoms with E-state index in [-0.39, 0.29) is 12.6 Å². The van der Waals surface area contributed by atoms with Crippen LogP contribution in [0, 0.1) is 6.92 Å². The molecule has 8 nitrogen and oxygen atoms in total. The molecule has 186 valence electrons. The molecule has 1 atom stereocenters. The Kier molecular flexibility index (Phi) is 7.92. The number of hydrogen-bond donors (Lipinski definition) is 2. The molecule has 0 unspecified atom stereocenters. The van der Waals surface area contributed by atoms with Gasteiger partial charge in [-0.15, -0.1) is 0 Å². The van der Waals surface area contributed by atoms with E-state index in [0.29, 0.717) is 24.4 Å². The molecule has 35 heavy (non-hydrogen) atoms. The summed E-state index contributed by atoms with van der Waals surface area (Å²) in [5.74, 6) is 0.317. The molecule has 2 N–H and O–H groups in total. The molecule has 2 aliphatic rings. The smallest absolute Gasteiger partial charge is 0.338 e. The summed E-state index contributed by atoms with van der Waals surface area (Å²) in [5, 5.41) is 5.78. The molecule has 2 amide bonds. The number of nitrogens with zero attached hydrogens (tertiary/aromatic N) is 2. The fourth-order valence-electron chi connectivity index (χ4n) is 4.51. The maximum atomic E-state index is 13.1. The van der Waals surface area contributed by atoms with Crippen LogP contribution in [0.4, 0.5) is 10.5 Å². The average Bonchev–Trinajstić information content (AvgIpc) is 2.85. The lowest BCUT2D eigenvalue weighted by atomic mass is 9.94. The second-order valence-corrected chi connectivity index (χ2v) is 8.74. The van der Waals surface area contributed by atoms with Crippen LogP contribution in [0.5, 0.6) is 5.75 Å². The Balaban J connectivity index is 1.54. The second kappa shape index (κ2) is 11.3. The van der Waals surface area contributed by atoms with E-state index in [4.69, 9.17) is 9.47 Å². The molecule has 1 fully saturated rings. The van der Waals surface area contributed by atoms with Gasteiger partial charge in [-0.05, 0) is 50.6 Å². The maximum absolute atomic E-state index is 13.1. The number of esters is 1. The van der Waals surface area contributed by atoms with Crippen LogP contribution in [0.15, 0.2) is 59.8 Å². The molecule has 0 aromatic heterocycles. The molecule has 0 radical (unpaired) electrons. The summed E-state index contributed by atoms with van der Waals surface area (Å²) >= 11 is 0. The molecule has 0 spiro atoms. The largest absolute Gasteiger partial charge is 0.494 e. The molecular formula is C27H34N4O4. The first-order valence-electron chi connectivity index (χ1n) is 12.2. The van der Waals surface area contributed by atoms with Gasteiger partial charge in [0.25, 0.3) is 0 Å². The van der Waals surface area contributed by atoms with Crippen molar-refractivity contribution < 1.29 is 19.1 Å². The zero-order valence-electron chi connectivity index (χ0n) is 20.7. The number of rotatable bonds is 8. The van der Waals surface area contributed by atoms with Gasteiger partial charge in [-0.3, -0.25) is 4.90 Å². The van der Waals surface area contributed by atoms with E-state index in [1.807, 2.05) is 31.2 Å². The third-order valence-corrected chi connectivity index (χ3v) is 6.33. The Morgan fingerprint density at radius 2 is 1.66 bits per heavy atom. The van der Waals surface area contributed by atoms with Crippen LogP contribution >= 0.6 is 0 Å². The molecule has 2 aromatic rings. The summed E-state index contributed by atoms with van der Waals surface area (Å²) in [7, 11) is 0. The van der Waals surface area contributed by atoms with Crippen LogP contribution in [-0.2, 0) is 9.53 Å². The number of benzene rings is 2. The van der Waals surface area contributed by atoms with Gasteiger partial charge in [-0.2, -0.15) is 0 Å². The fourth-order valence-corrected chi connectivity index (χ4v) is 4.51. The van der Waals surface area contributed by atoms with Crippen molar-refractivity contribution in [2.45, 2.75) is 26.8 Å². The van der Waals surface area contributed by atoms with Crippen LogP contribution in [0.2, 0.25) is 0 Å². The Morgan fingerprint density at radius 1 is 0.971 bits per heavy atom. The van der Waals surface area contributed by atoms with Crippen molar-refractivity contribution >= 4 is 17.7 Å². The molecule has 2 heterocycles. The molecule has 8 heteroatoms. The predicted octanol–water partition coefficient (Wildman–Crippen LogP) is 3.39. The van der Waals surface area contributed by atoms with Crippen molar-refractivity contribution in [1.82, 2.24) is 15.5 Å². The quantitative estimate of drug-likeness (QED) is 0.566. The highest BCUT2D eigenvalue weighted by molar-refractivity contribution is 5.95. The van der Waals surface area contributed by atoms with Gasteiger partial charge in [0.1, 0.15) is 5.75 Å². The van der Waals surface area contributed by atoms with E-state index in [1.165, 1.54) is 11.3 Å². The molecule has 4 rings (SSSR count). The fraction of sp³-hybridized carbons (Fsp3) is 0.407.